The molecule has 150 valence electrons. The monoisotopic (exact) mass is 381 g/mol. The van der Waals surface area contributed by atoms with Gasteiger partial charge in [0.15, 0.2) is 0 Å². The molecule has 1 aromatic rings. The van der Waals surface area contributed by atoms with Crippen molar-refractivity contribution in [3.05, 3.63) is 35.4 Å². The average molecular weight is 381 g/mol. The number of carbonyl (C=O) groups is 1. The molecule has 2 N–H and O–H groups in total. The summed E-state index contributed by atoms with van der Waals surface area (Å²) in [5.74, 6) is -0.709. The zero-order valence-electron chi connectivity index (χ0n) is 15.9. The van der Waals surface area contributed by atoms with E-state index in [1.165, 1.54) is 18.9 Å². The minimum atomic E-state index is -1.57. The molecule has 1 aromatic carbocycles. The molecule has 0 unspecified atom stereocenters. The van der Waals surface area contributed by atoms with E-state index in [2.05, 4.69) is 17.1 Å². The number of amides is 2. The number of likely N-dealkylation sites (tertiary alicyclic amines) is 2. The predicted molar refractivity (Wildman–Crippen MR) is 99.3 cm³/mol. The van der Waals surface area contributed by atoms with Crippen LogP contribution in [0.25, 0.3) is 0 Å². The van der Waals surface area contributed by atoms with Crippen LogP contribution >= 0.6 is 0 Å². The summed E-state index contributed by atoms with van der Waals surface area (Å²) < 4.78 is 28.0. The molecular formula is C20H29F2N3O2. The number of aliphatic hydroxyl groups is 1. The second kappa shape index (κ2) is 8.52. The number of hydrogen-bond donors (Lipinski definition) is 2. The first kappa shape index (κ1) is 20.0. The zero-order valence-corrected chi connectivity index (χ0v) is 15.9. The van der Waals surface area contributed by atoms with Crippen molar-refractivity contribution < 1.29 is 18.7 Å². The van der Waals surface area contributed by atoms with Gasteiger partial charge in [-0.15, -0.1) is 0 Å². The molecule has 27 heavy (non-hydrogen) atoms. The molecule has 2 heterocycles. The Morgan fingerprint density at radius 3 is 2.37 bits per heavy atom. The Kier molecular flexibility index (Phi) is 6.32. The molecule has 2 saturated heterocycles. The Hall–Kier alpha value is -1.73. The van der Waals surface area contributed by atoms with Gasteiger partial charge in [-0.2, -0.15) is 0 Å². The molecule has 0 atom stereocenters. The van der Waals surface area contributed by atoms with Crippen LogP contribution in [0.5, 0.6) is 0 Å². The van der Waals surface area contributed by atoms with Crippen molar-refractivity contribution in [2.45, 2.75) is 38.2 Å². The van der Waals surface area contributed by atoms with Gasteiger partial charge >= 0.3 is 6.03 Å². The lowest BCUT2D eigenvalue weighted by Crippen LogP contribution is -2.50. The standard InChI is InChI=1S/C20H29F2N3O2/c1-15-5-10-24(11-6-15)14-9-23-19(26)25-12-7-20(27,8-13-25)18-16(21)3-2-4-17(18)22/h2-4,15,27H,5-14H2,1H3,(H,23,26). The first-order valence-corrected chi connectivity index (χ1v) is 9.81. The summed E-state index contributed by atoms with van der Waals surface area (Å²) in [7, 11) is 0. The van der Waals surface area contributed by atoms with E-state index in [0.717, 1.165) is 37.7 Å². The fourth-order valence-corrected chi connectivity index (χ4v) is 3.99. The smallest absolute Gasteiger partial charge is 0.317 e. The number of rotatable bonds is 4. The molecule has 0 bridgehead atoms. The van der Waals surface area contributed by atoms with Crippen LogP contribution in [0.15, 0.2) is 18.2 Å². The Morgan fingerprint density at radius 1 is 1.19 bits per heavy atom. The molecule has 0 spiro atoms. The molecule has 3 rings (SSSR count). The molecule has 0 radical (unpaired) electrons. The fraction of sp³-hybridized carbons (Fsp3) is 0.650. The normalized spacial score (nSPS) is 21.3. The number of nitrogens with one attached hydrogen (secondary N) is 1. The third kappa shape index (κ3) is 4.76. The summed E-state index contributed by atoms with van der Waals surface area (Å²) in [4.78, 5) is 16.3. The van der Waals surface area contributed by atoms with Gasteiger partial charge in [-0.3, -0.25) is 0 Å². The van der Waals surface area contributed by atoms with Crippen molar-refractivity contribution in [1.29, 1.82) is 0 Å². The quantitative estimate of drug-likeness (QED) is 0.843. The highest BCUT2D eigenvalue weighted by Gasteiger charge is 2.39. The topological polar surface area (TPSA) is 55.8 Å². The second-order valence-corrected chi connectivity index (χ2v) is 7.87. The Labute approximate surface area is 159 Å². The highest BCUT2D eigenvalue weighted by molar-refractivity contribution is 5.74. The molecular weight excluding hydrogens is 352 g/mol. The van der Waals surface area contributed by atoms with Crippen LogP contribution in [0.2, 0.25) is 0 Å². The molecule has 0 saturated carbocycles. The number of piperidine rings is 2. The van der Waals surface area contributed by atoms with E-state index < -0.39 is 17.2 Å². The van der Waals surface area contributed by atoms with Gasteiger partial charge in [0.1, 0.15) is 11.6 Å². The lowest BCUT2D eigenvalue weighted by molar-refractivity contribution is -0.0223. The van der Waals surface area contributed by atoms with Gasteiger partial charge in [0.25, 0.3) is 0 Å². The van der Waals surface area contributed by atoms with Gasteiger partial charge < -0.3 is 20.2 Å². The van der Waals surface area contributed by atoms with Crippen LogP contribution in [0, 0.1) is 17.6 Å². The van der Waals surface area contributed by atoms with E-state index in [-0.39, 0.29) is 37.5 Å². The summed E-state index contributed by atoms with van der Waals surface area (Å²) in [6.07, 6.45) is 2.63. The van der Waals surface area contributed by atoms with Crippen molar-refractivity contribution in [2.75, 3.05) is 39.3 Å². The van der Waals surface area contributed by atoms with Crippen molar-refractivity contribution in [2.24, 2.45) is 5.92 Å². The lowest BCUT2D eigenvalue weighted by Gasteiger charge is -2.38. The van der Waals surface area contributed by atoms with Crippen LogP contribution in [-0.4, -0.2) is 60.2 Å². The van der Waals surface area contributed by atoms with E-state index >= 15 is 0 Å². The van der Waals surface area contributed by atoms with Gasteiger partial charge in [0.2, 0.25) is 0 Å². The highest BCUT2D eigenvalue weighted by atomic mass is 19.1. The van der Waals surface area contributed by atoms with Gasteiger partial charge in [-0.1, -0.05) is 13.0 Å². The first-order chi connectivity index (χ1) is 12.9. The average Bonchev–Trinajstić information content (AvgIpc) is 2.63. The second-order valence-electron chi connectivity index (χ2n) is 7.87. The van der Waals surface area contributed by atoms with Gasteiger partial charge in [-0.05, 0) is 56.8 Å². The van der Waals surface area contributed by atoms with Crippen LogP contribution in [0.4, 0.5) is 13.6 Å². The summed E-state index contributed by atoms with van der Waals surface area (Å²) in [6, 6.07) is 3.40. The predicted octanol–water partition coefficient (Wildman–Crippen LogP) is 2.69. The number of carbonyl (C=O) groups excluding carboxylic acids is 1. The number of benzene rings is 1. The Morgan fingerprint density at radius 2 is 1.78 bits per heavy atom. The maximum atomic E-state index is 14.0. The van der Waals surface area contributed by atoms with Crippen molar-refractivity contribution >= 4 is 6.03 Å². The number of hydrogen-bond acceptors (Lipinski definition) is 3. The van der Waals surface area contributed by atoms with E-state index in [0.29, 0.717) is 6.54 Å². The number of halogens is 2. The summed E-state index contributed by atoms with van der Waals surface area (Å²) >= 11 is 0. The third-order valence-corrected chi connectivity index (χ3v) is 5.89. The maximum Gasteiger partial charge on any atom is 0.317 e. The fourth-order valence-electron chi connectivity index (χ4n) is 3.99. The van der Waals surface area contributed by atoms with Crippen molar-refractivity contribution in [3.8, 4) is 0 Å². The molecule has 2 aliphatic heterocycles. The van der Waals surface area contributed by atoms with Crippen LogP contribution in [0.3, 0.4) is 0 Å². The van der Waals surface area contributed by atoms with E-state index in [9.17, 15) is 18.7 Å². The van der Waals surface area contributed by atoms with Crippen molar-refractivity contribution in [1.82, 2.24) is 15.1 Å². The van der Waals surface area contributed by atoms with Gasteiger partial charge in [0.05, 0.1) is 11.2 Å². The molecule has 7 heteroatoms. The SMILES string of the molecule is CC1CCN(CCNC(=O)N2CCC(O)(c3c(F)cccc3F)CC2)CC1. The summed E-state index contributed by atoms with van der Waals surface area (Å²) in [5.41, 5.74) is -1.86. The van der Waals surface area contributed by atoms with E-state index in [1.807, 2.05) is 0 Å². The van der Waals surface area contributed by atoms with Gasteiger partial charge in [0, 0.05) is 26.2 Å². The summed E-state index contributed by atoms with van der Waals surface area (Å²) in [6.45, 7) is 6.34. The molecule has 2 aliphatic rings. The Bertz CT molecular complexity index is 634. The van der Waals surface area contributed by atoms with Crippen molar-refractivity contribution in [3.63, 3.8) is 0 Å². The van der Waals surface area contributed by atoms with Crippen LogP contribution < -0.4 is 5.32 Å². The minimum absolute atomic E-state index is 0.113. The number of nitrogens with zero attached hydrogens (tertiary/aromatic N) is 2. The molecule has 2 fully saturated rings. The maximum absolute atomic E-state index is 14.0. The Balaban J connectivity index is 1.46. The molecule has 0 aliphatic carbocycles. The van der Waals surface area contributed by atoms with E-state index in [1.54, 1.807) is 4.90 Å². The highest BCUT2D eigenvalue weighted by Crippen LogP contribution is 2.35. The largest absolute Gasteiger partial charge is 0.385 e. The van der Waals surface area contributed by atoms with Crippen LogP contribution in [-0.2, 0) is 5.60 Å². The molecule has 2 amide bonds. The molecule has 5 nitrogen and oxygen atoms in total. The number of urea groups is 1. The molecule has 0 aromatic heterocycles. The zero-order chi connectivity index (χ0) is 19.4. The third-order valence-electron chi connectivity index (χ3n) is 5.89. The summed E-state index contributed by atoms with van der Waals surface area (Å²) in [5, 5.41) is 13.6. The van der Waals surface area contributed by atoms with Crippen LogP contribution in [0.1, 0.15) is 38.2 Å². The van der Waals surface area contributed by atoms with E-state index in [4.69, 9.17) is 0 Å². The first-order valence-electron chi connectivity index (χ1n) is 9.81. The van der Waals surface area contributed by atoms with Gasteiger partial charge in [-0.25, -0.2) is 13.6 Å². The minimum Gasteiger partial charge on any atom is -0.385 e. The lowest BCUT2D eigenvalue weighted by atomic mass is 9.84.